The number of anilines is 1. The minimum atomic E-state index is 0.898. The van der Waals surface area contributed by atoms with Crippen LogP contribution in [0, 0.1) is 0 Å². The van der Waals surface area contributed by atoms with Gasteiger partial charge >= 0.3 is 0 Å². The topological polar surface area (TPSA) is 53.6 Å². The van der Waals surface area contributed by atoms with Gasteiger partial charge < -0.3 is 10.3 Å². The molecule has 0 radical (unpaired) electrons. The van der Waals surface area contributed by atoms with Crippen molar-refractivity contribution in [3.63, 3.8) is 0 Å². The van der Waals surface area contributed by atoms with Crippen LogP contribution in [-0.2, 0) is 6.42 Å². The van der Waals surface area contributed by atoms with E-state index < -0.39 is 0 Å². The van der Waals surface area contributed by atoms with Gasteiger partial charge in [-0.15, -0.1) is 0 Å². The maximum absolute atomic E-state index is 4.23. The van der Waals surface area contributed by atoms with Gasteiger partial charge in [0.1, 0.15) is 11.6 Å². The summed E-state index contributed by atoms with van der Waals surface area (Å²) in [6.45, 7) is 0.898. The van der Waals surface area contributed by atoms with Gasteiger partial charge in [-0.2, -0.15) is 0 Å². The second-order valence-electron chi connectivity index (χ2n) is 3.43. The predicted octanol–water partition coefficient (Wildman–Crippen LogP) is 2.61. The van der Waals surface area contributed by atoms with Crippen LogP contribution < -0.4 is 5.32 Å². The van der Waals surface area contributed by atoms with E-state index in [1.165, 1.54) is 0 Å². The van der Waals surface area contributed by atoms with E-state index in [1.807, 2.05) is 18.3 Å². The summed E-state index contributed by atoms with van der Waals surface area (Å²) >= 11 is 3.35. The van der Waals surface area contributed by atoms with Crippen molar-refractivity contribution in [1.29, 1.82) is 0 Å². The molecule has 2 rings (SSSR count). The number of imidazole rings is 1. The van der Waals surface area contributed by atoms with Crippen molar-refractivity contribution in [3.05, 3.63) is 41.0 Å². The maximum atomic E-state index is 4.23. The molecule has 2 N–H and O–H groups in total. The number of rotatable bonds is 5. The molecule has 2 aromatic rings. The third kappa shape index (κ3) is 3.34. The van der Waals surface area contributed by atoms with Crippen molar-refractivity contribution >= 4 is 21.7 Å². The molecule has 0 spiro atoms. The van der Waals surface area contributed by atoms with Gasteiger partial charge in [0.2, 0.25) is 0 Å². The zero-order chi connectivity index (χ0) is 11.2. The van der Waals surface area contributed by atoms with Crippen LogP contribution >= 0.6 is 15.9 Å². The second kappa shape index (κ2) is 5.65. The van der Waals surface area contributed by atoms with Crippen molar-refractivity contribution in [2.75, 3.05) is 11.9 Å². The summed E-state index contributed by atoms with van der Waals surface area (Å²) in [6.07, 6.45) is 7.40. The highest BCUT2D eigenvalue weighted by atomic mass is 79.9. The fraction of sp³-hybridized carbons (Fsp3) is 0.273. The fourth-order valence-electron chi connectivity index (χ4n) is 1.39. The van der Waals surface area contributed by atoms with Crippen LogP contribution in [0.2, 0.25) is 0 Å². The van der Waals surface area contributed by atoms with E-state index in [0.29, 0.717) is 0 Å². The van der Waals surface area contributed by atoms with Crippen molar-refractivity contribution in [1.82, 2.24) is 15.0 Å². The molecule has 2 aromatic heterocycles. The number of nitrogens with one attached hydrogen (secondary N) is 2. The number of hydrogen-bond donors (Lipinski definition) is 2. The molecule has 2 heterocycles. The highest BCUT2D eigenvalue weighted by molar-refractivity contribution is 9.10. The molecule has 0 aromatic carbocycles. The number of hydrogen-bond acceptors (Lipinski definition) is 3. The Morgan fingerprint density at radius 1 is 1.31 bits per heavy atom. The van der Waals surface area contributed by atoms with Crippen molar-refractivity contribution in [3.8, 4) is 0 Å². The van der Waals surface area contributed by atoms with E-state index in [9.17, 15) is 0 Å². The SMILES string of the molecule is Brc1ccc(NCCCc2ncc[nH]2)nc1. The third-order valence-corrected chi connectivity index (χ3v) is 2.65. The quantitative estimate of drug-likeness (QED) is 0.828. The Hall–Kier alpha value is -1.36. The summed E-state index contributed by atoms with van der Waals surface area (Å²) in [5, 5.41) is 3.26. The van der Waals surface area contributed by atoms with E-state index in [2.05, 4.69) is 36.2 Å². The van der Waals surface area contributed by atoms with Gasteiger partial charge in [-0.05, 0) is 34.5 Å². The fourth-order valence-corrected chi connectivity index (χ4v) is 1.62. The Balaban J connectivity index is 1.70. The van der Waals surface area contributed by atoms with E-state index in [4.69, 9.17) is 0 Å². The Bertz CT molecular complexity index is 410. The Kier molecular flexibility index (Phi) is 3.93. The van der Waals surface area contributed by atoms with E-state index in [1.54, 1.807) is 12.4 Å². The van der Waals surface area contributed by atoms with Crippen molar-refractivity contribution in [2.45, 2.75) is 12.8 Å². The van der Waals surface area contributed by atoms with Crippen LogP contribution in [0.5, 0.6) is 0 Å². The van der Waals surface area contributed by atoms with Gasteiger partial charge in [-0.25, -0.2) is 9.97 Å². The first-order chi connectivity index (χ1) is 7.84. The van der Waals surface area contributed by atoms with E-state index in [0.717, 1.165) is 35.5 Å². The van der Waals surface area contributed by atoms with E-state index in [-0.39, 0.29) is 0 Å². The monoisotopic (exact) mass is 280 g/mol. The van der Waals surface area contributed by atoms with Gasteiger partial charge in [-0.3, -0.25) is 0 Å². The smallest absolute Gasteiger partial charge is 0.125 e. The number of nitrogens with zero attached hydrogens (tertiary/aromatic N) is 2. The Morgan fingerprint density at radius 2 is 2.25 bits per heavy atom. The minimum Gasteiger partial charge on any atom is -0.370 e. The molecule has 0 saturated carbocycles. The molecule has 16 heavy (non-hydrogen) atoms. The molecular weight excluding hydrogens is 268 g/mol. The van der Waals surface area contributed by atoms with E-state index >= 15 is 0 Å². The molecular formula is C11H13BrN4. The zero-order valence-corrected chi connectivity index (χ0v) is 10.4. The molecule has 0 aliphatic carbocycles. The molecule has 0 atom stereocenters. The van der Waals surface area contributed by atoms with Gasteiger partial charge in [0, 0.05) is 36.0 Å². The molecule has 5 heteroatoms. The molecule has 0 fully saturated rings. The lowest BCUT2D eigenvalue weighted by molar-refractivity contribution is 0.814. The third-order valence-electron chi connectivity index (χ3n) is 2.18. The average Bonchev–Trinajstić information content (AvgIpc) is 2.80. The first kappa shape index (κ1) is 11.1. The van der Waals surface area contributed by atoms with Crippen LogP contribution in [0.25, 0.3) is 0 Å². The second-order valence-corrected chi connectivity index (χ2v) is 4.34. The summed E-state index contributed by atoms with van der Waals surface area (Å²) in [5.41, 5.74) is 0. The number of aromatic nitrogens is 3. The number of pyridine rings is 1. The van der Waals surface area contributed by atoms with Gasteiger partial charge in [0.05, 0.1) is 0 Å². The molecule has 0 bridgehead atoms. The zero-order valence-electron chi connectivity index (χ0n) is 8.78. The van der Waals surface area contributed by atoms with Crippen molar-refractivity contribution < 1.29 is 0 Å². The van der Waals surface area contributed by atoms with Crippen LogP contribution in [0.4, 0.5) is 5.82 Å². The molecule has 0 aliphatic heterocycles. The molecule has 0 unspecified atom stereocenters. The molecule has 4 nitrogen and oxygen atoms in total. The first-order valence-electron chi connectivity index (χ1n) is 5.18. The summed E-state index contributed by atoms with van der Waals surface area (Å²) in [6, 6.07) is 3.93. The number of H-pyrrole nitrogens is 1. The average molecular weight is 281 g/mol. The van der Waals surface area contributed by atoms with Crippen molar-refractivity contribution in [2.24, 2.45) is 0 Å². The standard InChI is InChI=1S/C11H13BrN4/c12-9-3-4-11(16-8-9)13-5-1-2-10-14-6-7-15-10/h3-4,6-8H,1-2,5H2,(H,13,16)(H,14,15). The molecule has 84 valence electrons. The van der Waals surface area contributed by atoms with Gasteiger partial charge in [0.15, 0.2) is 0 Å². The predicted molar refractivity (Wildman–Crippen MR) is 67.3 cm³/mol. The van der Waals surface area contributed by atoms with Crippen LogP contribution in [0.3, 0.4) is 0 Å². The molecule has 0 aliphatic rings. The lowest BCUT2D eigenvalue weighted by Gasteiger charge is -2.04. The number of aryl methyl sites for hydroxylation is 1. The normalized spacial score (nSPS) is 10.3. The van der Waals surface area contributed by atoms with Gasteiger partial charge in [0.25, 0.3) is 0 Å². The maximum Gasteiger partial charge on any atom is 0.125 e. The lowest BCUT2D eigenvalue weighted by Crippen LogP contribution is -2.04. The molecule has 0 amide bonds. The summed E-state index contributed by atoms with van der Waals surface area (Å²) < 4.78 is 0.994. The van der Waals surface area contributed by atoms with Crippen LogP contribution in [0.15, 0.2) is 35.2 Å². The highest BCUT2D eigenvalue weighted by Crippen LogP contribution is 2.10. The Labute approximate surface area is 103 Å². The summed E-state index contributed by atoms with van der Waals surface area (Å²) in [7, 11) is 0. The largest absolute Gasteiger partial charge is 0.370 e. The van der Waals surface area contributed by atoms with Crippen LogP contribution in [0.1, 0.15) is 12.2 Å². The lowest BCUT2D eigenvalue weighted by atomic mass is 10.3. The number of aromatic amines is 1. The highest BCUT2D eigenvalue weighted by Gasteiger charge is 1.96. The summed E-state index contributed by atoms with van der Waals surface area (Å²) in [5.74, 6) is 1.94. The van der Waals surface area contributed by atoms with Crippen LogP contribution in [-0.4, -0.2) is 21.5 Å². The minimum absolute atomic E-state index is 0.898. The van der Waals surface area contributed by atoms with Gasteiger partial charge in [-0.1, -0.05) is 0 Å². The summed E-state index contributed by atoms with van der Waals surface area (Å²) in [4.78, 5) is 11.5. The Morgan fingerprint density at radius 3 is 2.94 bits per heavy atom. The number of halogens is 1. The first-order valence-corrected chi connectivity index (χ1v) is 5.97. The molecule has 0 saturated heterocycles.